The van der Waals surface area contributed by atoms with Gasteiger partial charge in [-0.2, -0.15) is 4.72 Å². The number of carbonyl (C=O) groups is 2. The van der Waals surface area contributed by atoms with Crippen molar-refractivity contribution in [2.45, 2.75) is 56.3 Å². The molecule has 0 bridgehead atoms. The molecule has 0 aliphatic rings. The van der Waals surface area contributed by atoms with Crippen molar-refractivity contribution < 1.29 is 37.7 Å². The first-order valence-electron chi connectivity index (χ1n) is 11.0. The van der Waals surface area contributed by atoms with Crippen molar-refractivity contribution in [3.63, 3.8) is 0 Å². The summed E-state index contributed by atoms with van der Waals surface area (Å²) in [6.45, 7) is 5.27. The van der Waals surface area contributed by atoms with Crippen molar-refractivity contribution in [1.29, 1.82) is 0 Å². The molecule has 10 nitrogen and oxygen atoms in total. The van der Waals surface area contributed by atoms with Crippen LogP contribution in [-0.2, 0) is 19.6 Å². The third-order valence-electron chi connectivity index (χ3n) is 4.87. The van der Waals surface area contributed by atoms with E-state index in [1.807, 2.05) is 12.1 Å². The zero-order valence-corrected chi connectivity index (χ0v) is 21.0. The molecule has 4 N–H and O–H groups in total. The molecule has 0 spiro atoms. The van der Waals surface area contributed by atoms with Crippen LogP contribution < -0.4 is 14.8 Å². The summed E-state index contributed by atoms with van der Waals surface area (Å²) < 4.78 is 37.8. The summed E-state index contributed by atoms with van der Waals surface area (Å²) in [6, 6.07) is 11.4. The Morgan fingerprint density at radius 2 is 1.54 bits per heavy atom. The van der Waals surface area contributed by atoms with Crippen molar-refractivity contribution in [1.82, 2.24) is 10.0 Å². The van der Waals surface area contributed by atoms with Gasteiger partial charge < -0.3 is 25.0 Å². The number of aliphatic hydroxyl groups is 1. The van der Waals surface area contributed by atoms with Gasteiger partial charge in [-0.25, -0.2) is 13.2 Å². The van der Waals surface area contributed by atoms with Gasteiger partial charge in [0.2, 0.25) is 10.0 Å². The molecule has 2 aromatic carbocycles. The topological polar surface area (TPSA) is 151 Å². The maximum atomic E-state index is 12.8. The number of aliphatic hydroxyl groups excluding tert-OH is 1. The van der Waals surface area contributed by atoms with E-state index in [9.17, 15) is 28.2 Å². The van der Waals surface area contributed by atoms with Crippen LogP contribution in [0.2, 0.25) is 0 Å². The largest absolute Gasteiger partial charge is 0.497 e. The molecule has 0 saturated heterocycles. The summed E-state index contributed by atoms with van der Waals surface area (Å²) in [5, 5.41) is 22.3. The minimum Gasteiger partial charge on any atom is -0.497 e. The van der Waals surface area contributed by atoms with E-state index in [1.165, 1.54) is 12.1 Å². The Labute approximate surface area is 205 Å². The fourth-order valence-corrected chi connectivity index (χ4v) is 4.34. The lowest BCUT2D eigenvalue weighted by Crippen LogP contribution is -2.48. The Morgan fingerprint density at radius 3 is 2.03 bits per heavy atom. The standard InChI is InChI=1S/C24H32N2O8S/c1-24(2,3)34-23(30)25-15-5-6-20(27)21(22(28)29)26-35(31,32)19-13-9-17(10-14-19)16-7-11-18(33-4)12-8-16/h7-14,20-21,26-27H,5-6,15H2,1-4H3,(H,25,30)(H,28,29)/t20-,21-/m1/s1. The third kappa shape index (κ3) is 8.85. The second kappa shape index (κ2) is 12.0. The Kier molecular flexibility index (Phi) is 9.64. The molecular formula is C24H32N2O8S. The molecule has 0 fully saturated rings. The molecule has 0 heterocycles. The first-order valence-corrected chi connectivity index (χ1v) is 12.5. The molecule has 0 aromatic heterocycles. The lowest BCUT2D eigenvalue weighted by atomic mass is 10.1. The lowest BCUT2D eigenvalue weighted by Gasteiger charge is -2.21. The molecule has 0 unspecified atom stereocenters. The number of alkyl carbamates (subject to hydrolysis) is 1. The zero-order valence-electron chi connectivity index (χ0n) is 20.1. The second-order valence-corrected chi connectivity index (χ2v) is 10.5. The van der Waals surface area contributed by atoms with E-state index in [-0.39, 0.29) is 24.3 Å². The van der Waals surface area contributed by atoms with Crippen LogP contribution in [0, 0.1) is 0 Å². The monoisotopic (exact) mass is 508 g/mol. The molecule has 11 heteroatoms. The number of hydrogen-bond donors (Lipinski definition) is 4. The van der Waals surface area contributed by atoms with Crippen LogP contribution in [-0.4, -0.2) is 62.1 Å². The summed E-state index contributed by atoms with van der Waals surface area (Å²) >= 11 is 0. The van der Waals surface area contributed by atoms with Crippen molar-refractivity contribution in [3.05, 3.63) is 48.5 Å². The van der Waals surface area contributed by atoms with Gasteiger partial charge in [0.1, 0.15) is 17.4 Å². The van der Waals surface area contributed by atoms with E-state index in [0.717, 1.165) is 11.1 Å². The van der Waals surface area contributed by atoms with Gasteiger partial charge in [0.05, 0.1) is 18.1 Å². The van der Waals surface area contributed by atoms with Crippen LogP contribution in [0.1, 0.15) is 33.6 Å². The van der Waals surface area contributed by atoms with Gasteiger partial charge in [-0.05, 0) is 69.0 Å². The quantitative estimate of drug-likeness (QED) is 0.338. The van der Waals surface area contributed by atoms with Gasteiger partial charge in [-0.3, -0.25) is 4.79 Å². The summed E-state index contributed by atoms with van der Waals surface area (Å²) in [5.74, 6) is -0.827. The molecular weight excluding hydrogens is 476 g/mol. The normalized spacial score (nSPS) is 13.5. The van der Waals surface area contributed by atoms with Crippen LogP contribution in [0.4, 0.5) is 4.79 Å². The van der Waals surface area contributed by atoms with Crippen LogP contribution in [0.3, 0.4) is 0 Å². The average Bonchev–Trinajstić information content (AvgIpc) is 2.79. The minimum absolute atomic E-state index is 0.0638. The Bertz CT molecular complexity index is 1090. The first-order chi connectivity index (χ1) is 16.3. The van der Waals surface area contributed by atoms with E-state index in [1.54, 1.807) is 52.1 Å². The SMILES string of the molecule is COc1ccc(-c2ccc(S(=O)(=O)N[C@@H](C(=O)O)[C@H](O)CCCNC(=O)OC(C)(C)C)cc2)cc1. The number of methoxy groups -OCH3 is 1. The summed E-state index contributed by atoms with van der Waals surface area (Å²) in [6.07, 6.45) is -2.00. The van der Waals surface area contributed by atoms with E-state index in [4.69, 9.17) is 9.47 Å². The molecule has 0 radical (unpaired) electrons. The first kappa shape index (κ1) is 28.1. The summed E-state index contributed by atoms with van der Waals surface area (Å²) in [7, 11) is -2.66. The van der Waals surface area contributed by atoms with Gasteiger partial charge >= 0.3 is 12.1 Å². The van der Waals surface area contributed by atoms with E-state index < -0.39 is 39.8 Å². The summed E-state index contributed by atoms with van der Waals surface area (Å²) in [4.78, 5) is 23.2. The van der Waals surface area contributed by atoms with E-state index in [0.29, 0.717) is 5.75 Å². The lowest BCUT2D eigenvalue weighted by molar-refractivity contribution is -0.141. The smallest absolute Gasteiger partial charge is 0.407 e. The highest BCUT2D eigenvalue weighted by molar-refractivity contribution is 7.89. The van der Waals surface area contributed by atoms with Crippen LogP contribution in [0.25, 0.3) is 11.1 Å². The fourth-order valence-electron chi connectivity index (χ4n) is 3.12. The van der Waals surface area contributed by atoms with Gasteiger partial charge in [0.15, 0.2) is 0 Å². The zero-order chi connectivity index (χ0) is 26.2. The minimum atomic E-state index is -4.22. The molecule has 35 heavy (non-hydrogen) atoms. The van der Waals surface area contributed by atoms with Crippen LogP contribution in [0.5, 0.6) is 5.75 Å². The predicted molar refractivity (Wildman–Crippen MR) is 130 cm³/mol. The molecule has 0 saturated carbocycles. The number of hydrogen-bond acceptors (Lipinski definition) is 7. The van der Waals surface area contributed by atoms with Crippen molar-refractivity contribution in [3.8, 4) is 16.9 Å². The number of carbonyl (C=O) groups excluding carboxylic acids is 1. The maximum Gasteiger partial charge on any atom is 0.407 e. The van der Waals surface area contributed by atoms with E-state index in [2.05, 4.69) is 10.0 Å². The highest BCUT2D eigenvalue weighted by Gasteiger charge is 2.31. The molecule has 0 aliphatic heterocycles. The Morgan fingerprint density at radius 1 is 1.00 bits per heavy atom. The molecule has 192 valence electrons. The van der Waals surface area contributed by atoms with Gasteiger partial charge in [0, 0.05) is 6.54 Å². The number of carboxylic acid groups (broad SMARTS) is 1. The van der Waals surface area contributed by atoms with Gasteiger partial charge in [-0.1, -0.05) is 24.3 Å². The number of amides is 1. The van der Waals surface area contributed by atoms with Gasteiger partial charge in [0.25, 0.3) is 0 Å². The Hall–Kier alpha value is -3.15. The van der Waals surface area contributed by atoms with Crippen molar-refractivity contribution in [2.75, 3.05) is 13.7 Å². The molecule has 2 rings (SSSR count). The number of ether oxygens (including phenoxy) is 2. The number of aliphatic carboxylic acids is 1. The second-order valence-electron chi connectivity index (χ2n) is 8.83. The molecule has 2 aromatic rings. The summed E-state index contributed by atoms with van der Waals surface area (Å²) in [5.41, 5.74) is 0.948. The highest BCUT2D eigenvalue weighted by Crippen LogP contribution is 2.24. The number of nitrogens with one attached hydrogen (secondary N) is 2. The molecule has 0 aliphatic carbocycles. The number of sulfonamides is 1. The average molecular weight is 509 g/mol. The number of carboxylic acids is 1. The molecule has 2 atom stereocenters. The van der Waals surface area contributed by atoms with Crippen LogP contribution in [0.15, 0.2) is 53.4 Å². The van der Waals surface area contributed by atoms with Crippen molar-refractivity contribution in [2.24, 2.45) is 0 Å². The predicted octanol–water partition coefficient (Wildman–Crippen LogP) is 2.76. The highest BCUT2D eigenvalue weighted by atomic mass is 32.2. The maximum absolute atomic E-state index is 12.8. The van der Waals surface area contributed by atoms with Crippen molar-refractivity contribution >= 4 is 22.1 Å². The molecule has 1 amide bonds. The number of rotatable bonds is 11. The number of benzene rings is 2. The van der Waals surface area contributed by atoms with E-state index >= 15 is 0 Å². The third-order valence-corrected chi connectivity index (χ3v) is 6.32. The fraction of sp³-hybridized carbons (Fsp3) is 0.417. The van der Waals surface area contributed by atoms with Gasteiger partial charge in [-0.15, -0.1) is 0 Å². The van der Waals surface area contributed by atoms with Crippen LogP contribution >= 0.6 is 0 Å². The Balaban J connectivity index is 1.99.